The van der Waals surface area contributed by atoms with Crippen LogP contribution >= 0.6 is 0 Å². The van der Waals surface area contributed by atoms with E-state index in [0.29, 0.717) is 6.54 Å². The van der Waals surface area contributed by atoms with Crippen molar-refractivity contribution in [3.05, 3.63) is 65.7 Å². The van der Waals surface area contributed by atoms with Crippen LogP contribution in [-0.4, -0.2) is 31.0 Å². The van der Waals surface area contributed by atoms with Gasteiger partial charge in [-0.3, -0.25) is 9.69 Å². The Kier molecular flexibility index (Phi) is 5.71. The van der Waals surface area contributed by atoms with Crippen LogP contribution in [0.4, 0.5) is 0 Å². The van der Waals surface area contributed by atoms with Gasteiger partial charge in [-0.05, 0) is 49.6 Å². The number of carbonyl (C=O) groups excluding carboxylic acids is 1. The van der Waals surface area contributed by atoms with Crippen molar-refractivity contribution in [1.29, 1.82) is 0 Å². The minimum Gasteiger partial charge on any atom is -0.497 e. The van der Waals surface area contributed by atoms with Gasteiger partial charge in [0.1, 0.15) is 5.75 Å². The third-order valence-electron chi connectivity index (χ3n) is 4.87. The van der Waals surface area contributed by atoms with E-state index in [1.165, 1.54) is 5.56 Å². The lowest BCUT2D eigenvalue weighted by Crippen LogP contribution is -2.38. The zero-order valence-corrected chi connectivity index (χ0v) is 14.9. The lowest BCUT2D eigenvalue weighted by molar-refractivity contribution is -0.123. The van der Waals surface area contributed by atoms with Gasteiger partial charge in [0.2, 0.25) is 5.91 Å². The SMILES string of the molecule is COc1cccc([C@@H]2CCCN2CC(=O)N[C@@H](C)c2ccccc2)c1. The average molecular weight is 338 g/mol. The molecule has 2 aromatic rings. The number of ether oxygens (including phenoxy) is 1. The molecule has 0 saturated carbocycles. The molecule has 3 rings (SSSR count). The summed E-state index contributed by atoms with van der Waals surface area (Å²) in [6.07, 6.45) is 2.19. The van der Waals surface area contributed by atoms with Crippen LogP contribution in [0.1, 0.15) is 43.0 Å². The summed E-state index contributed by atoms with van der Waals surface area (Å²) in [4.78, 5) is 14.8. The molecule has 0 unspecified atom stereocenters. The predicted molar refractivity (Wildman–Crippen MR) is 99.5 cm³/mol. The number of rotatable bonds is 6. The van der Waals surface area contributed by atoms with Crippen molar-refractivity contribution in [3.8, 4) is 5.75 Å². The molecule has 0 aliphatic carbocycles. The van der Waals surface area contributed by atoms with Gasteiger partial charge in [-0.1, -0.05) is 42.5 Å². The monoisotopic (exact) mass is 338 g/mol. The molecule has 2 aromatic carbocycles. The Morgan fingerprint density at radius 2 is 2.04 bits per heavy atom. The Labute approximate surface area is 149 Å². The molecule has 1 fully saturated rings. The number of hydrogen-bond donors (Lipinski definition) is 1. The first-order valence-corrected chi connectivity index (χ1v) is 8.89. The first-order chi connectivity index (χ1) is 12.2. The average Bonchev–Trinajstić information content (AvgIpc) is 3.10. The molecule has 1 aliphatic rings. The van der Waals surface area contributed by atoms with Crippen LogP contribution in [0.5, 0.6) is 5.75 Å². The van der Waals surface area contributed by atoms with Gasteiger partial charge in [0.15, 0.2) is 0 Å². The number of methoxy groups -OCH3 is 1. The third kappa shape index (κ3) is 4.40. The summed E-state index contributed by atoms with van der Waals surface area (Å²) in [5.74, 6) is 0.942. The van der Waals surface area contributed by atoms with Crippen LogP contribution in [0.2, 0.25) is 0 Å². The van der Waals surface area contributed by atoms with Crippen LogP contribution < -0.4 is 10.1 Å². The number of hydrogen-bond acceptors (Lipinski definition) is 3. The fraction of sp³-hybridized carbons (Fsp3) is 0.381. The summed E-state index contributed by atoms with van der Waals surface area (Å²) < 4.78 is 5.33. The van der Waals surface area contributed by atoms with Gasteiger partial charge in [-0.25, -0.2) is 0 Å². The number of nitrogens with one attached hydrogen (secondary N) is 1. The molecular weight excluding hydrogens is 312 g/mol. The Morgan fingerprint density at radius 3 is 2.80 bits per heavy atom. The Hall–Kier alpha value is -2.33. The molecule has 0 aromatic heterocycles. The second-order valence-corrected chi connectivity index (χ2v) is 6.61. The quantitative estimate of drug-likeness (QED) is 0.873. The lowest BCUT2D eigenvalue weighted by Gasteiger charge is -2.25. The predicted octanol–water partition coefficient (Wildman–Crippen LogP) is 3.71. The molecule has 1 N–H and O–H groups in total. The zero-order chi connectivity index (χ0) is 17.6. The highest BCUT2D eigenvalue weighted by molar-refractivity contribution is 5.78. The van der Waals surface area contributed by atoms with E-state index in [1.807, 2.05) is 49.4 Å². The minimum atomic E-state index is 0.0200. The van der Waals surface area contributed by atoms with Gasteiger partial charge in [0.25, 0.3) is 0 Å². The van der Waals surface area contributed by atoms with E-state index in [1.54, 1.807) is 7.11 Å². The van der Waals surface area contributed by atoms with Crippen molar-refractivity contribution < 1.29 is 9.53 Å². The van der Waals surface area contributed by atoms with Crippen molar-refractivity contribution in [2.45, 2.75) is 31.8 Å². The van der Waals surface area contributed by atoms with E-state index in [4.69, 9.17) is 4.74 Å². The number of benzene rings is 2. The van der Waals surface area contributed by atoms with Crippen LogP contribution in [0.15, 0.2) is 54.6 Å². The molecule has 2 atom stereocenters. The molecule has 4 heteroatoms. The van der Waals surface area contributed by atoms with E-state index < -0.39 is 0 Å². The van der Waals surface area contributed by atoms with Gasteiger partial charge < -0.3 is 10.1 Å². The van der Waals surface area contributed by atoms with Gasteiger partial charge in [-0.15, -0.1) is 0 Å². The van der Waals surface area contributed by atoms with E-state index >= 15 is 0 Å². The fourth-order valence-corrected chi connectivity index (χ4v) is 3.54. The number of likely N-dealkylation sites (tertiary alicyclic amines) is 1. The van der Waals surface area contributed by atoms with Gasteiger partial charge in [0.05, 0.1) is 19.7 Å². The van der Waals surface area contributed by atoms with Gasteiger partial charge in [0, 0.05) is 6.04 Å². The molecule has 1 heterocycles. The summed E-state index contributed by atoms with van der Waals surface area (Å²) in [6.45, 7) is 3.41. The molecule has 25 heavy (non-hydrogen) atoms. The van der Waals surface area contributed by atoms with Crippen LogP contribution in [0.3, 0.4) is 0 Å². The van der Waals surface area contributed by atoms with Crippen molar-refractivity contribution >= 4 is 5.91 Å². The maximum atomic E-state index is 12.5. The maximum absolute atomic E-state index is 12.5. The first kappa shape index (κ1) is 17.5. The first-order valence-electron chi connectivity index (χ1n) is 8.89. The van der Waals surface area contributed by atoms with Crippen molar-refractivity contribution in [2.24, 2.45) is 0 Å². The smallest absolute Gasteiger partial charge is 0.234 e. The molecule has 1 saturated heterocycles. The maximum Gasteiger partial charge on any atom is 0.234 e. The second-order valence-electron chi connectivity index (χ2n) is 6.61. The Bertz CT molecular complexity index is 702. The summed E-state index contributed by atoms with van der Waals surface area (Å²) in [5.41, 5.74) is 2.35. The van der Waals surface area contributed by atoms with Crippen molar-refractivity contribution in [3.63, 3.8) is 0 Å². The molecule has 0 bridgehead atoms. The largest absolute Gasteiger partial charge is 0.497 e. The Morgan fingerprint density at radius 1 is 1.24 bits per heavy atom. The normalized spacial score (nSPS) is 18.7. The van der Waals surface area contributed by atoms with E-state index in [2.05, 4.69) is 22.3 Å². The number of nitrogens with zero attached hydrogens (tertiary/aromatic N) is 1. The highest BCUT2D eigenvalue weighted by Gasteiger charge is 2.28. The molecule has 1 amide bonds. The van der Waals surface area contributed by atoms with Crippen LogP contribution in [0, 0.1) is 0 Å². The van der Waals surface area contributed by atoms with Crippen LogP contribution in [-0.2, 0) is 4.79 Å². The lowest BCUT2D eigenvalue weighted by atomic mass is 10.0. The van der Waals surface area contributed by atoms with Crippen molar-refractivity contribution in [1.82, 2.24) is 10.2 Å². The highest BCUT2D eigenvalue weighted by Crippen LogP contribution is 2.33. The summed E-state index contributed by atoms with van der Waals surface area (Å²) in [6, 6.07) is 18.5. The standard InChI is InChI=1S/C21H26N2O2/c1-16(17-8-4-3-5-9-17)22-21(24)15-23-13-7-12-20(23)18-10-6-11-19(14-18)25-2/h3-6,8-11,14,16,20H,7,12-13,15H2,1-2H3,(H,22,24)/t16-,20-/m0/s1. The second kappa shape index (κ2) is 8.17. The molecular formula is C21H26N2O2. The molecule has 0 radical (unpaired) electrons. The number of carbonyl (C=O) groups is 1. The zero-order valence-electron chi connectivity index (χ0n) is 14.9. The van der Waals surface area contributed by atoms with E-state index in [9.17, 15) is 4.79 Å². The summed E-state index contributed by atoms with van der Waals surface area (Å²) >= 11 is 0. The number of amides is 1. The van der Waals surface area contributed by atoms with Crippen molar-refractivity contribution in [2.75, 3.05) is 20.2 Å². The molecule has 0 spiro atoms. The van der Waals surface area contributed by atoms with E-state index in [0.717, 1.165) is 30.7 Å². The van der Waals surface area contributed by atoms with Gasteiger partial charge >= 0.3 is 0 Å². The molecule has 1 aliphatic heterocycles. The molecule has 4 nitrogen and oxygen atoms in total. The Balaban J connectivity index is 1.62. The summed E-state index contributed by atoms with van der Waals surface area (Å²) in [5, 5.41) is 3.11. The summed E-state index contributed by atoms with van der Waals surface area (Å²) in [7, 11) is 1.68. The highest BCUT2D eigenvalue weighted by atomic mass is 16.5. The topological polar surface area (TPSA) is 41.6 Å². The molecule has 132 valence electrons. The minimum absolute atomic E-state index is 0.0200. The van der Waals surface area contributed by atoms with Crippen LogP contribution in [0.25, 0.3) is 0 Å². The fourth-order valence-electron chi connectivity index (χ4n) is 3.54. The third-order valence-corrected chi connectivity index (χ3v) is 4.87. The van der Waals surface area contributed by atoms with Gasteiger partial charge in [-0.2, -0.15) is 0 Å². The van der Waals surface area contributed by atoms with E-state index in [-0.39, 0.29) is 18.0 Å².